The van der Waals surface area contributed by atoms with Gasteiger partial charge < -0.3 is 10.1 Å². The molecule has 1 saturated heterocycles. The van der Waals surface area contributed by atoms with Gasteiger partial charge in [-0.25, -0.2) is 0 Å². The summed E-state index contributed by atoms with van der Waals surface area (Å²) in [5.41, 5.74) is 1.16. The van der Waals surface area contributed by atoms with Crippen LogP contribution in [0, 0.1) is 11.8 Å². The molecule has 6 atom stereocenters. The molecule has 0 saturated carbocycles. The Morgan fingerprint density at radius 3 is 2.50 bits per heavy atom. The normalized spacial score (nSPS) is 33.0. The largest absolute Gasteiger partial charge is 0.375 e. The maximum atomic E-state index is 6.04. The van der Waals surface area contributed by atoms with Gasteiger partial charge >= 0.3 is 0 Å². The Kier molecular flexibility index (Phi) is 5.17. The number of ether oxygens (including phenoxy) is 1. The molecule has 1 fully saturated rings. The topological polar surface area (TPSA) is 34.2 Å². The number of nitrogens with one attached hydrogen (secondary N) is 1. The molecule has 1 N–H and O–H groups in total. The number of aromatic nitrogens is 1. The van der Waals surface area contributed by atoms with E-state index in [1.807, 2.05) is 12.3 Å². The van der Waals surface area contributed by atoms with Gasteiger partial charge in [-0.2, -0.15) is 0 Å². The van der Waals surface area contributed by atoms with Gasteiger partial charge in [0.25, 0.3) is 0 Å². The van der Waals surface area contributed by atoms with Crippen LogP contribution in [0.4, 0.5) is 0 Å². The third-order valence-corrected chi connectivity index (χ3v) is 4.87. The quantitative estimate of drug-likeness (QED) is 0.896. The minimum atomic E-state index is 0.301. The highest BCUT2D eigenvalue weighted by Crippen LogP contribution is 2.38. The predicted octanol–water partition coefficient (Wildman–Crippen LogP) is 3.22. The van der Waals surface area contributed by atoms with E-state index in [9.17, 15) is 0 Å². The average Bonchev–Trinajstić information content (AvgIpc) is 2.70. The van der Waals surface area contributed by atoms with Crippen molar-refractivity contribution in [2.45, 2.75) is 58.8 Å². The van der Waals surface area contributed by atoms with E-state index in [4.69, 9.17) is 4.74 Å². The Bertz CT molecular complexity index is 409. The van der Waals surface area contributed by atoms with Crippen molar-refractivity contribution >= 4 is 0 Å². The number of pyridine rings is 1. The average molecular weight is 276 g/mol. The van der Waals surface area contributed by atoms with Crippen molar-refractivity contribution in [1.29, 1.82) is 0 Å². The van der Waals surface area contributed by atoms with Gasteiger partial charge in [0, 0.05) is 29.8 Å². The van der Waals surface area contributed by atoms with Crippen molar-refractivity contribution in [3.8, 4) is 0 Å². The highest BCUT2D eigenvalue weighted by molar-refractivity contribution is 5.13. The molecule has 112 valence electrons. The van der Waals surface area contributed by atoms with E-state index in [-0.39, 0.29) is 0 Å². The molecule has 1 aliphatic rings. The van der Waals surface area contributed by atoms with Crippen LogP contribution in [0.2, 0.25) is 0 Å². The third-order valence-electron chi connectivity index (χ3n) is 4.87. The van der Waals surface area contributed by atoms with Gasteiger partial charge in [0.2, 0.25) is 0 Å². The number of nitrogens with zero attached hydrogens (tertiary/aromatic N) is 1. The number of likely N-dealkylation sites (N-methyl/N-ethyl adjacent to an activating group) is 1. The Morgan fingerprint density at radius 2 is 2.00 bits per heavy atom. The van der Waals surface area contributed by atoms with Gasteiger partial charge in [0.1, 0.15) is 0 Å². The molecule has 0 radical (unpaired) electrons. The second-order valence-electron chi connectivity index (χ2n) is 6.11. The molecule has 20 heavy (non-hydrogen) atoms. The van der Waals surface area contributed by atoms with E-state index in [0.717, 1.165) is 12.2 Å². The fourth-order valence-electron chi connectivity index (χ4n) is 3.62. The van der Waals surface area contributed by atoms with Crippen LogP contribution in [-0.2, 0) is 4.74 Å². The zero-order chi connectivity index (χ0) is 14.7. The van der Waals surface area contributed by atoms with Crippen molar-refractivity contribution in [3.05, 3.63) is 30.1 Å². The van der Waals surface area contributed by atoms with Crippen LogP contribution in [0.1, 0.15) is 46.2 Å². The first-order chi connectivity index (χ1) is 9.56. The standard InChI is InChI=1S/C17H28N2O/c1-6-18-17(12(3)15-9-7-8-10-19-15)16-11(2)13(4)20-14(16)5/h7-14,16-18H,6H2,1-5H3. The second-order valence-corrected chi connectivity index (χ2v) is 6.11. The van der Waals surface area contributed by atoms with Crippen molar-refractivity contribution in [1.82, 2.24) is 10.3 Å². The molecular weight excluding hydrogens is 248 g/mol. The predicted molar refractivity (Wildman–Crippen MR) is 82.8 cm³/mol. The van der Waals surface area contributed by atoms with Crippen molar-refractivity contribution < 1.29 is 4.74 Å². The molecule has 0 spiro atoms. The van der Waals surface area contributed by atoms with Crippen LogP contribution in [0.5, 0.6) is 0 Å². The SMILES string of the molecule is CCNC(C(C)c1ccccn1)C1C(C)OC(C)C1C. The first-order valence-electron chi connectivity index (χ1n) is 7.86. The Morgan fingerprint density at radius 1 is 1.25 bits per heavy atom. The lowest BCUT2D eigenvalue weighted by molar-refractivity contribution is 0.0465. The lowest BCUT2D eigenvalue weighted by Gasteiger charge is -2.34. The highest BCUT2D eigenvalue weighted by Gasteiger charge is 2.43. The van der Waals surface area contributed by atoms with Crippen LogP contribution in [0.3, 0.4) is 0 Å². The lowest BCUT2D eigenvalue weighted by Crippen LogP contribution is -2.45. The van der Waals surface area contributed by atoms with Gasteiger partial charge in [-0.1, -0.05) is 26.8 Å². The zero-order valence-corrected chi connectivity index (χ0v) is 13.3. The molecule has 1 aromatic heterocycles. The fraction of sp³-hybridized carbons (Fsp3) is 0.706. The molecule has 1 aliphatic heterocycles. The van der Waals surface area contributed by atoms with Crippen LogP contribution < -0.4 is 5.32 Å². The molecule has 3 heteroatoms. The Labute approximate surface area is 123 Å². The van der Waals surface area contributed by atoms with Crippen LogP contribution in [0.15, 0.2) is 24.4 Å². The zero-order valence-electron chi connectivity index (χ0n) is 13.3. The first-order valence-corrected chi connectivity index (χ1v) is 7.86. The van der Waals surface area contributed by atoms with Gasteiger partial charge in [-0.3, -0.25) is 4.98 Å². The van der Waals surface area contributed by atoms with Gasteiger partial charge in [0.05, 0.1) is 12.2 Å². The third kappa shape index (κ3) is 3.04. The maximum absolute atomic E-state index is 6.04. The molecule has 1 aromatic rings. The smallest absolute Gasteiger partial charge is 0.0597 e. The molecule has 0 aromatic carbocycles. The van der Waals surface area contributed by atoms with Gasteiger partial charge in [-0.15, -0.1) is 0 Å². The highest BCUT2D eigenvalue weighted by atomic mass is 16.5. The van der Waals surface area contributed by atoms with Gasteiger partial charge in [-0.05, 0) is 38.4 Å². The molecule has 3 nitrogen and oxygen atoms in total. The summed E-state index contributed by atoms with van der Waals surface area (Å²) in [6, 6.07) is 6.58. The van der Waals surface area contributed by atoms with Crippen molar-refractivity contribution in [3.63, 3.8) is 0 Å². The van der Waals surface area contributed by atoms with E-state index in [2.05, 4.69) is 57.1 Å². The van der Waals surface area contributed by atoms with Crippen molar-refractivity contribution in [2.24, 2.45) is 11.8 Å². The first kappa shape index (κ1) is 15.5. The van der Waals surface area contributed by atoms with Crippen molar-refractivity contribution in [2.75, 3.05) is 6.54 Å². The summed E-state index contributed by atoms with van der Waals surface area (Å²) >= 11 is 0. The molecule has 0 bridgehead atoms. The minimum absolute atomic E-state index is 0.301. The van der Waals surface area contributed by atoms with Gasteiger partial charge in [0.15, 0.2) is 0 Å². The Hall–Kier alpha value is -0.930. The summed E-state index contributed by atoms with van der Waals surface area (Å²) in [6.07, 6.45) is 2.53. The van der Waals surface area contributed by atoms with E-state index < -0.39 is 0 Å². The monoisotopic (exact) mass is 276 g/mol. The number of rotatable bonds is 5. The maximum Gasteiger partial charge on any atom is 0.0597 e. The summed E-state index contributed by atoms with van der Waals surface area (Å²) in [7, 11) is 0. The van der Waals surface area contributed by atoms with Crippen LogP contribution in [-0.4, -0.2) is 29.8 Å². The Balaban J connectivity index is 2.22. The molecule has 6 unspecified atom stereocenters. The summed E-state index contributed by atoms with van der Waals surface area (Å²) in [5, 5.41) is 3.68. The summed E-state index contributed by atoms with van der Waals surface area (Å²) in [6.45, 7) is 12.1. The van der Waals surface area contributed by atoms with E-state index in [0.29, 0.717) is 36.0 Å². The minimum Gasteiger partial charge on any atom is -0.375 e. The summed E-state index contributed by atoms with van der Waals surface area (Å²) < 4.78 is 6.04. The fourth-order valence-corrected chi connectivity index (χ4v) is 3.62. The molecular formula is C17H28N2O. The summed E-state index contributed by atoms with van der Waals surface area (Å²) in [5.74, 6) is 1.49. The van der Waals surface area contributed by atoms with E-state index in [1.54, 1.807) is 0 Å². The molecule has 0 aliphatic carbocycles. The van der Waals surface area contributed by atoms with E-state index in [1.165, 1.54) is 0 Å². The van der Waals surface area contributed by atoms with E-state index >= 15 is 0 Å². The molecule has 2 heterocycles. The van der Waals surface area contributed by atoms with Crippen LogP contribution in [0.25, 0.3) is 0 Å². The summed E-state index contributed by atoms with van der Waals surface area (Å²) in [4.78, 5) is 4.54. The molecule has 2 rings (SSSR count). The molecule has 0 amide bonds. The number of hydrogen-bond donors (Lipinski definition) is 1. The number of hydrogen-bond acceptors (Lipinski definition) is 3. The second kappa shape index (κ2) is 6.68. The van der Waals surface area contributed by atoms with Crippen LogP contribution >= 0.6 is 0 Å². The lowest BCUT2D eigenvalue weighted by atomic mass is 9.77.